The molecular weight excluding hydrogens is 174 g/mol. The van der Waals surface area contributed by atoms with E-state index in [1.165, 1.54) is 12.0 Å². The van der Waals surface area contributed by atoms with Gasteiger partial charge in [0.05, 0.1) is 6.20 Å². The molecule has 1 N–H and O–H groups in total. The van der Waals surface area contributed by atoms with Gasteiger partial charge in [0.2, 0.25) is 0 Å². The average Bonchev–Trinajstić information content (AvgIpc) is 2.75. The van der Waals surface area contributed by atoms with E-state index in [2.05, 4.69) is 30.5 Å². The first-order valence-corrected chi connectivity index (χ1v) is 5.41. The maximum Gasteiger partial charge on any atom is 0.0524 e. The fourth-order valence-electron chi connectivity index (χ4n) is 1.97. The molecule has 3 nitrogen and oxygen atoms in total. The van der Waals surface area contributed by atoms with Crippen LogP contribution in [0.2, 0.25) is 0 Å². The predicted molar refractivity (Wildman–Crippen MR) is 57.4 cm³/mol. The third kappa shape index (κ3) is 1.82. The Morgan fingerprint density at radius 2 is 2.43 bits per heavy atom. The fourth-order valence-corrected chi connectivity index (χ4v) is 1.97. The summed E-state index contributed by atoms with van der Waals surface area (Å²) in [6, 6.07) is 0.477. The van der Waals surface area contributed by atoms with Crippen LogP contribution < -0.4 is 5.32 Å². The molecule has 1 aliphatic carbocycles. The van der Waals surface area contributed by atoms with Crippen LogP contribution in [-0.4, -0.2) is 23.4 Å². The number of nitrogens with zero attached hydrogens (tertiary/aromatic N) is 2. The van der Waals surface area contributed by atoms with E-state index in [9.17, 15) is 0 Å². The van der Waals surface area contributed by atoms with Crippen LogP contribution in [0.15, 0.2) is 12.4 Å². The number of nitrogens with one attached hydrogen (secondary N) is 1. The number of aromatic nitrogens is 2. The van der Waals surface area contributed by atoms with E-state index in [4.69, 9.17) is 0 Å². The van der Waals surface area contributed by atoms with Gasteiger partial charge in [-0.15, -0.1) is 0 Å². The first kappa shape index (κ1) is 9.71. The summed E-state index contributed by atoms with van der Waals surface area (Å²) in [7, 11) is 2.02. The topological polar surface area (TPSA) is 29.9 Å². The van der Waals surface area contributed by atoms with Crippen LogP contribution in [0.25, 0.3) is 0 Å². The van der Waals surface area contributed by atoms with Crippen molar-refractivity contribution in [3.8, 4) is 0 Å². The fraction of sp³-hybridized carbons (Fsp3) is 0.727. The quantitative estimate of drug-likeness (QED) is 0.790. The molecule has 0 amide bonds. The minimum Gasteiger partial charge on any atom is -0.319 e. The van der Waals surface area contributed by atoms with E-state index >= 15 is 0 Å². The van der Waals surface area contributed by atoms with Crippen LogP contribution in [0.3, 0.4) is 0 Å². The Labute approximate surface area is 85.5 Å². The van der Waals surface area contributed by atoms with Crippen molar-refractivity contribution in [2.24, 2.45) is 5.92 Å². The summed E-state index contributed by atoms with van der Waals surface area (Å²) in [5.41, 5.74) is 1.42. The van der Waals surface area contributed by atoms with E-state index < -0.39 is 0 Å². The van der Waals surface area contributed by atoms with Crippen LogP contribution in [0.5, 0.6) is 0 Å². The van der Waals surface area contributed by atoms with E-state index in [1.54, 1.807) is 0 Å². The first-order chi connectivity index (χ1) is 6.72. The molecule has 2 unspecified atom stereocenters. The molecular formula is C11H19N3. The maximum absolute atomic E-state index is 4.37. The van der Waals surface area contributed by atoms with Crippen LogP contribution in [0, 0.1) is 5.92 Å². The Balaban J connectivity index is 1.98. The molecule has 1 aliphatic rings. The van der Waals surface area contributed by atoms with Gasteiger partial charge in [-0.05, 0) is 51.3 Å². The third-order valence-corrected chi connectivity index (χ3v) is 2.97. The highest BCUT2D eigenvalue weighted by Crippen LogP contribution is 2.46. The van der Waals surface area contributed by atoms with Gasteiger partial charge in [-0.2, -0.15) is 5.10 Å². The lowest BCUT2D eigenvalue weighted by Crippen LogP contribution is -2.10. The van der Waals surface area contributed by atoms with Gasteiger partial charge in [0.1, 0.15) is 0 Å². The lowest BCUT2D eigenvalue weighted by atomic mass is 10.2. The van der Waals surface area contributed by atoms with Gasteiger partial charge in [-0.1, -0.05) is 0 Å². The van der Waals surface area contributed by atoms with Crippen LogP contribution >= 0.6 is 0 Å². The third-order valence-electron chi connectivity index (χ3n) is 2.97. The maximum atomic E-state index is 4.37. The summed E-state index contributed by atoms with van der Waals surface area (Å²) < 4.78 is 2.05. The summed E-state index contributed by atoms with van der Waals surface area (Å²) in [4.78, 5) is 0. The molecule has 1 fully saturated rings. The Morgan fingerprint density at radius 3 is 3.00 bits per heavy atom. The smallest absolute Gasteiger partial charge is 0.0524 e. The number of rotatable bonds is 4. The molecule has 1 heterocycles. The molecule has 14 heavy (non-hydrogen) atoms. The van der Waals surface area contributed by atoms with Gasteiger partial charge in [-0.3, -0.25) is 4.68 Å². The molecule has 3 heteroatoms. The lowest BCUT2D eigenvalue weighted by Gasteiger charge is -2.02. The van der Waals surface area contributed by atoms with Crippen molar-refractivity contribution >= 4 is 0 Å². The molecule has 1 saturated carbocycles. The highest BCUT2D eigenvalue weighted by atomic mass is 15.3. The Kier molecular flexibility index (Phi) is 2.59. The highest BCUT2D eigenvalue weighted by molar-refractivity contribution is 5.20. The summed E-state index contributed by atoms with van der Waals surface area (Å²) >= 11 is 0. The van der Waals surface area contributed by atoms with Crippen LogP contribution in [0.1, 0.15) is 37.8 Å². The summed E-state index contributed by atoms with van der Waals surface area (Å²) in [6.45, 7) is 5.46. The molecule has 2 atom stereocenters. The van der Waals surface area contributed by atoms with E-state index in [-0.39, 0.29) is 0 Å². The Morgan fingerprint density at radius 1 is 1.64 bits per heavy atom. The lowest BCUT2D eigenvalue weighted by molar-refractivity contribution is 0.532. The highest BCUT2D eigenvalue weighted by Gasteiger charge is 2.38. The van der Waals surface area contributed by atoms with Crippen molar-refractivity contribution in [3.05, 3.63) is 18.0 Å². The van der Waals surface area contributed by atoms with Crippen molar-refractivity contribution in [2.75, 3.05) is 13.6 Å². The van der Waals surface area contributed by atoms with Gasteiger partial charge in [0.15, 0.2) is 0 Å². The minimum atomic E-state index is 0.477. The Bertz CT molecular complexity index is 303. The zero-order valence-corrected chi connectivity index (χ0v) is 9.20. The molecule has 0 bridgehead atoms. The van der Waals surface area contributed by atoms with Gasteiger partial charge in [0.25, 0.3) is 0 Å². The van der Waals surface area contributed by atoms with Crippen LogP contribution in [-0.2, 0) is 0 Å². The SMILES string of the molecule is CNCC1CC1c1cnn(C(C)C)c1. The summed E-state index contributed by atoms with van der Waals surface area (Å²) in [5.74, 6) is 1.60. The molecule has 78 valence electrons. The van der Waals surface area contributed by atoms with Gasteiger partial charge in [0, 0.05) is 12.2 Å². The zero-order valence-electron chi connectivity index (χ0n) is 9.20. The second-order valence-electron chi connectivity index (χ2n) is 4.51. The van der Waals surface area contributed by atoms with E-state index in [0.29, 0.717) is 6.04 Å². The molecule has 0 saturated heterocycles. The minimum absolute atomic E-state index is 0.477. The van der Waals surface area contributed by atoms with Crippen molar-refractivity contribution in [3.63, 3.8) is 0 Å². The molecule has 1 aromatic heterocycles. The summed E-state index contributed by atoms with van der Waals surface area (Å²) in [6.07, 6.45) is 5.55. The van der Waals surface area contributed by atoms with E-state index in [0.717, 1.165) is 18.4 Å². The second-order valence-corrected chi connectivity index (χ2v) is 4.51. The largest absolute Gasteiger partial charge is 0.319 e. The van der Waals surface area contributed by atoms with Crippen molar-refractivity contribution in [2.45, 2.75) is 32.2 Å². The normalized spacial score (nSPS) is 25.7. The van der Waals surface area contributed by atoms with Crippen molar-refractivity contribution < 1.29 is 0 Å². The Hall–Kier alpha value is -0.830. The predicted octanol–water partition coefficient (Wildman–Crippen LogP) is 1.79. The van der Waals surface area contributed by atoms with Crippen LogP contribution in [0.4, 0.5) is 0 Å². The molecule has 0 radical (unpaired) electrons. The monoisotopic (exact) mass is 193 g/mol. The second kappa shape index (κ2) is 3.73. The average molecular weight is 193 g/mol. The van der Waals surface area contributed by atoms with E-state index in [1.807, 2.05) is 17.9 Å². The molecule has 0 aromatic carbocycles. The molecule has 0 aliphatic heterocycles. The van der Waals surface area contributed by atoms with Gasteiger partial charge < -0.3 is 5.32 Å². The summed E-state index contributed by atoms with van der Waals surface area (Å²) in [5, 5.41) is 7.60. The number of hydrogen-bond acceptors (Lipinski definition) is 2. The standard InChI is InChI=1S/C11H19N3/c1-8(2)14-7-10(6-13-14)11-4-9(11)5-12-3/h6-9,11-12H,4-5H2,1-3H3. The van der Waals surface area contributed by atoms with Gasteiger partial charge >= 0.3 is 0 Å². The van der Waals surface area contributed by atoms with Crippen molar-refractivity contribution in [1.82, 2.24) is 15.1 Å². The number of hydrogen-bond donors (Lipinski definition) is 1. The molecule has 2 rings (SSSR count). The molecule has 0 spiro atoms. The van der Waals surface area contributed by atoms with Gasteiger partial charge in [-0.25, -0.2) is 0 Å². The van der Waals surface area contributed by atoms with Crippen molar-refractivity contribution in [1.29, 1.82) is 0 Å². The molecule has 1 aromatic rings. The first-order valence-electron chi connectivity index (χ1n) is 5.41. The zero-order chi connectivity index (χ0) is 10.1.